The van der Waals surface area contributed by atoms with Gasteiger partial charge in [-0.15, -0.1) is 0 Å². The van der Waals surface area contributed by atoms with Gasteiger partial charge in [-0.25, -0.2) is 0 Å². The normalized spacial score (nSPS) is 14.4. The van der Waals surface area contributed by atoms with Gasteiger partial charge in [0.05, 0.1) is 5.69 Å². The van der Waals surface area contributed by atoms with Crippen LogP contribution in [0.1, 0.15) is 24.2 Å². The van der Waals surface area contributed by atoms with E-state index >= 15 is 0 Å². The minimum Gasteiger partial charge on any atom is -0.453 e. The van der Waals surface area contributed by atoms with Gasteiger partial charge >= 0.3 is 0 Å². The van der Waals surface area contributed by atoms with Crippen molar-refractivity contribution in [3.63, 3.8) is 0 Å². The van der Waals surface area contributed by atoms with Crippen molar-refractivity contribution >= 4 is 23.2 Å². The third kappa shape index (κ3) is 3.90. The van der Waals surface area contributed by atoms with E-state index in [9.17, 15) is 0 Å². The molecule has 1 aliphatic rings. The molecule has 4 nitrogen and oxygen atoms in total. The van der Waals surface area contributed by atoms with Crippen molar-refractivity contribution in [1.29, 1.82) is 0 Å². The number of aromatic amines is 1. The molecule has 1 aromatic heterocycles. The number of ether oxygens (including phenoxy) is 1. The van der Waals surface area contributed by atoms with Crippen molar-refractivity contribution in [3.8, 4) is 11.5 Å². The van der Waals surface area contributed by atoms with Crippen LogP contribution in [0.15, 0.2) is 18.2 Å². The lowest BCUT2D eigenvalue weighted by Crippen LogP contribution is -2.16. The highest BCUT2D eigenvalue weighted by Crippen LogP contribution is 2.32. The molecule has 1 saturated carbocycles. The van der Waals surface area contributed by atoms with Gasteiger partial charge in [-0.05, 0) is 50.4 Å². The van der Waals surface area contributed by atoms with Gasteiger partial charge in [0.1, 0.15) is 11.4 Å². The summed E-state index contributed by atoms with van der Waals surface area (Å²) in [6.07, 6.45) is 2.67. The predicted octanol–water partition coefficient (Wildman–Crippen LogP) is 4.32. The smallest absolute Gasteiger partial charge is 0.172 e. The predicted molar refractivity (Wildman–Crippen MR) is 84.3 cm³/mol. The van der Waals surface area contributed by atoms with Crippen molar-refractivity contribution in [3.05, 3.63) is 39.6 Å². The molecule has 21 heavy (non-hydrogen) atoms. The van der Waals surface area contributed by atoms with Crippen molar-refractivity contribution in [2.45, 2.75) is 26.3 Å². The highest BCUT2D eigenvalue weighted by molar-refractivity contribution is 6.34. The van der Waals surface area contributed by atoms with E-state index in [0.717, 1.165) is 29.6 Å². The average Bonchev–Trinajstić information content (AvgIpc) is 3.17. The van der Waals surface area contributed by atoms with Crippen molar-refractivity contribution in [1.82, 2.24) is 15.5 Å². The van der Waals surface area contributed by atoms with Crippen LogP contribution in [-0.2, 0) is 6.54 Å². The van der Waals surface area contributed by atoms with E-state index in [1.54, 1.807) is 18.2 Å². The van der Waals surface area contributed by atoms with Gasteiger partial charge in [0.2, 0.25) is 0 Å². The maximum absolute atomic E-state index is 6.00. The SMILES string of the molecule is Cc1n[nH]c(CNCC2CC2)c1Oc1cc(Cl)cc(Cl)c1. The molecule has 6 heteroatoms. The monoisotopic (exact) mass is 325 g/mol. The number of nitrogens with one attached hydrogen (secondary N) is 2. The second kappa shape index (κ2) is 6.26. The summed E-state index contributed by atoms with van der Waals surface area (Å²) in [6, 6.07) is 5.15. The highest BCUT2D eigenvalue weighted by Gasteiger charge is 2.21. The second-order valence-electron chi connectivity index (χ2n) is 5.40. The molecular formula is C15H17Cl2N3O. The van der Waals surface area contributed by atoms with Crippen LogP contribution in [0, 0.1) is 12.8 Å². The average molecular weight is 326 g/mol. The molecule has 1 heterocycles. The largest absolute Gasteiger partial charge is 0.453 e. The van der Waals surface area contributed by atoms with E-state index in [2.05, 4.69) is 15.5 Å². The van der Waals surface area contributed by atoms with Gasteiger partial charge in [0, 0.05) is 16.6 Å². The van der Waals surface area contributed by atoms with E-state index in [1.807, 2.05) is 6.92 Å². The molecule has 0 unspecified atom stereocenters. The van der Waals surface area contributed by atoms with Gasteiger partial charge in [0.15, 0.2) is 5.75 Å². The third-order valence-corrected chi connectivity index (χ3v) is 3.89. The Labute approximate surface area is 133 Å². The van der Waals surface area contributed by atoms with Crippen molar-refractivity contribution < 1.29 is 4.74 Å². The summed E-state index contributed by atoms with van der Waals surface area (Å²) >= 11 is 12.0. The van der Waals surface area contributed by atoms with Crippen LogP contribution < -0.4 is 10.1 Å². The first-order chi connectivity index (χ1) is 10.1. The molecule has 0 saturated heterocycles. The zero-order valence-electron chi connectivity index (χ0n) is 11.7. The number of hydrogen-bond acceptors (Lipinski definition) is 3. The Bertz CT molecular complexity index is 618. The Morgan fingerprint density at radius 2 is 2.00 bits per heavy atom. The van der Waals surface area contributed by atoms with Crippen LogP contribution in [-0.4, -0.2) is 16.7 Å². The molecule has 0 amide bonds. The number of nitrogens with zero attached hydrogens (tertiary/aromatic N) is 1. The molecule has 0 bridgehead atoms. The molecule has 0 atom stereocenters. The molecule has 2 N–H and O–H groups in total. The first-order valence-corrected chi connectivity index (χ1v) is 7.76. The van der Waals surface area contributed by atoms with E-state index in [1.165, 1.54) is 12.8 Å². The van der Waals surface area contributed by atoms with E-state index in [0.29, 0.717) is 22.3 Å². The Balaban J connectivity index is 1.72. The lowest BCUT2D eigenvalue weighted by Gasteiger charge is -2.09. The molecule has 112 valence electrons. The molecule has 3 rings (SSSR count). The number of hydrogen-bond donors (Lipinski definition) is 2. The minimum absolute atomic E-state index is 0.548. The fourth-order valence-corrected chi connectivity index (χ4v) is 2.66. The molecule has 0 radical (unpaired) electrons. The summed E-state index contributed by atoms with van der Waals surface area (Å²) in [7, 11) is 0. The maximum atomic E-state index is 6.00. The number of aromatic nitrogens is 2. The van der Waals surface area contributed by atoms with Crippen LogP contribution >= 0.6 is 23.2 Å². The standard InChI is InChI=1S/C15H17Cl2N3O/c1-9-15(21-13-5-11(16)4-12(17)6-13)14(20-19-9)8-18-7-10-2-3-10/h4-6,10,18H,2-3,7-8H2,1H3,(H,19,20). The number of halogens is 2. The topological polar surface area (TPSA) is 49.9 Å². The summed E-state index contributed by atoms with van der Waals surface area (Å²) in [6.45, 7) is 3.66. The van der Waals surface area contributed by atoms with Gasteiger partial charge in [-0.2, -0.15) is 5.10 Å². The van der Waals surface area contributed by atoms with Gasteiger partial charge < -0.3 is 10.1 Å². The molecule has 1 aliphatic carbocycles. The van der Waals surface area contributed by atoms with Crippen LogP contribution in [0.25, 0.3) is 0 Å². The molecule has 2 aromatic rings. The Morgan fingerprint density at radius 1 is 1.29 bits per heavy atom. The molecule has 0 spiro atoms. The summed E-state index contributed by atoms with van der Waals surface area (Å²) < 4.78 is 5.91. The van der Waals surface area contributed by atoms with Crippen molar-refractivity contribution in [2.75, 3.05) is 6.54 Å². The first kappa shape index (κ1) is 14.7. The highest BCUT2D eigenvalue weighted by atomic mass is 35.5. The summed E-state index contributed by atoms with van der Waals surface area (Å²) in [5.74, 6) is 2.18. The van der Waals surface area contributed by atoms with Gasteiger partial charge in [0.25, 0.3) is 0 Å². The lowest BCUT2D eigenvalue weighted by atomic mass is 10.3. The fourth-order valence-electron chi connectivity index (χ4n) is 2.16. The number of benzene rings is 1. The Kier molecular flexibility index (Phi) is 4.38. The quantitative estimate of drug-likeness (QED) is 0.831. The van der Waals surface area contributed by atoms with Crippen molar-refractivity contribution in [2.24, 2.45) is 5.92 Å². The summed E-state index contributed by atoms with van der Waals surface area (Å²) in [5.41, 5.74) is 1.75. The molecular weight excluding hydrogens is 309 g/mol. The first-order valence-electron chi connectivity index (χ1n) is 7.00. The second-order valence-corrected chi connectivity index (χ2v) is 6.27. The maximum Gasteiger partial charge on any atom is 0.172 e. The van der Waals surface area contributed by atoms with E-state index in [4.69, 9.17) is 27.9 Å². The summed E-state index contributed by atoms with van der Waals surface area (Å²) in [5, 5.41) is 11.7. The lowest BCUT2D eigenvalue weighted by molar-refractivity contribution is 0.468. The number of aryl methyl sites for hydroxylation is 1. The minimum atomic E-state index is 0.548. The third-order valence-electron chi connectivity index (χ3n) is 3.45. The van der Waals surface area contributed by atoms with Crippen LogP contribution in [0.4, 0.5) is 0 Å². The number of H-pyrrole nitrogens is 1. The zero-order valence-corrected chi connectivity index (χ0v) is 13.3. The van der Waals surface area contributed by atoms with Gasteiger partial charge in [-0.1, -0.05) is 23.2 Å². The van der Waals surface area contributed by atoms with Gasteiger partial charge in [-0.3, -0.25) is 5.10 Å². The summed E-state index contributed by atoms with van der Waals surface area (Å²) in [4.78, 5) is 0. The number of rotatable bonds is 6. The molecule has 0 aliphatic heterocycles. The van der Waals surface area contributed by atoms with E-state index < -0.39 is 0 Å². The molecule has 1 aromatic carbocycles. The van der Waals surface area contributed by atoms with E-state index in [-0.39, 0.29) is 0 Å². The van der Waals surface area contributed by atoms with Crippen LogP contribution in [0.5, 0.6) is 11.5 Å². The molecule has 1 fully saturated rings. The Morgan fingerprint density at radius 3 is 2.67 bits per heavy atom. The van der Waals surface area contributed by atoms with Crippen LogP contribution in [0.2, 0.25) is 10.0 Å². The zero-order chi connectivity index (χ0) is 14.8. The van der Waals surface area contributed by atoms with Crippen LogP contribution in [0.3, 0.4) is 0 Å². The fraction of sp³-hybridized carbons (Fsp3) is 0.400. The Hall–Kier alpha value is -1.23.